The van der Waals surface area contributed by atoms with Gasteiger partial charge in [0.25, 0.3) is 0 Å². The molecule has 0 bridgehead atoms. The van der Waals surface area contributed by atoms with E-state index < -0.39 is 0 Å². The maximum absolute atomic E-state index is 12.2. The molecule has 1 amide bonds. The molecule has 4 heteroatoms. The summed E-state index contributed by atoms with van der Waals surface area (Å²) in [5, 5.41) is 7.12. The van der Waals surface area contributed by atoms with Gasteiger partial charge in [0, 0.05) is 18.3 Å². The number of amides is 1. The zero-order valence-corrected chi connectivity index (χ0v) is 10.9. The van der Waals surface area contributed by atoms with Crippen LogP contribution in [0.25, 0.3) is 0 Å². The van der Waals surface area contributed by atoms with Crippen molar-refractivity contribution in [3.8, 4) is 0 Å². The second-order valence-electron chi connectivity index (χ2n) is 4.91. The summed E-state index contributed by atoms with van der Waals surface area (Å²) in [6, 6.07) is 0. The lowest BCUT2D eigenvalue weighted by Crippen LogP contribution is -2.44. The minimum Gasteiger partial charge on any atom is -0.354 e. The molecule has 0 aromatic rings. The first-order chi connectivity index (χ1) is 7.77. The van der Waals surface area contributed by atoms with Crippen LogP contribution in [0.4, 0.5) is 0 Å². The molecule has 2 rings (SSSR count). The van der Waals surface area contributed by atoms with E-state index in [9.17, 15) is 4.79 Å². The van der Waals surface area contributed by atoms with E-state index in [1.807, 2.05) is 11.8 Å². The van der Waals surface area contributed by atoms with Crippen LogP contribution >= 0.6 is 11.8 Å². The molecule has 0 aromatic heterocycles. The Bertz CT molecular complexity index is 245. The summed E-state index contributed by atoms with van der Waals surface area (Å²) in [4.78, 5) is 12.2. The fourth-order valence-corrected chi connectivity index (χ4v) is 3.80. The Morgan fingerprint density at radius 3 is 3.06 bits per heavy atom. The molecule has 2 fully saturated rings. The Morgan fingerprint density at radius 2 is 2.50 bits per heavy atom. The molecule has 2 unspecified atom stereocenters. The van der Waals surface area contributed by atoms with Gasteiger partial charge in [0.15, 0.2) is 0 Å². The molecular formula is C12H22N2OS. The van der Waals surface area contributed by atoms with Crippen molar-refractivity contribution in [2.24, 2.45) is 5.41 Å². The molecule has 2 atom stereocenters. The molecule has 0 aromatic carbocycles. The van der Waals surface area contributed by atoms with E-state index >= 15 is 0 Å². The molecule has 0 spiro atoms. The van der Waals surface area contributed by atoms with E-state index in [4.69, 9.17) is 0 Å². The Labute approximate surface area is 102 Å². The third kappa shape index (κ3) is 2.54. The monoisotopic (exact) mass is 242 g/mol. The Kier molecular flexibility index (Phi) is 4.14. The Balaban J connectivity index is 1.81. The van der Waals surface area contributed by atoms with Crippen LogP contribution in [-0.4, -0.2) is 36.5 Å². The van der Waals surface area contributed by atoms with Crippen molar-refractivity contribution in [2.75, 3.05) is 25.4 Å². The number of carbonyl (C=O) groups is 1. The van der Waals surface area contributed by atoms with Gasteiger partial charge in [-0.3, -0.25) is 4.79 Å². The molecule has 2 aliphatic rings. The van der Waals surface area contributed by atoms with Crippen LogP contribution in [0.5, 0.6) is 0 Å². The van der Waals surface area contributed by atoms with Crippen LogP contribution in [0.3, 0.4) is 0 Å². The molecule has 2 heterocycles. The highest BCUT2D eigenvalue weighted by Gasteiger charge is 2.39. The summed E-state index contributed by atoms with van der Waals surface area (Å²) in [7, 11) is 0. The summed E-state index contributed by atoms with van der Waals surface area (Å²) in [5.74, 6) is 1.54. The minimum atomic E-state index is -0.122. The molecule has 0 aliphatic carbocycles. The van der Waals surface area contributed by atoms with E-state index in [0.717, 1.165) is 32.5 Å². The highest BCUT2D eigenvalue weighted by atomic mass is 32.2. The number of hydrogen-bond acceptors (Lipinski definition) is 3. The molecule has 0 radical (unpaired) electrons. The zero-order chi connectivity index (χ0) is 11.4. The van der Waals surface area contributed by atoms with Crippen molar-refractivity contribution in [3.63, 3.8) is 0 Å². The van der Waals surface area contributed by atoms with Crippen LogP contribution in [-0.2, 0) is 4.79 Å². The van der Waals surface area contributed by atoms with E-state index in [1.54, 1.807) is 0 Å². The van der Waals surface area contributed by atoms with Gasteiger partial charge in [0.05, 0.1) is 5.41 Å². The predicted octanol–water partition coefficient (Wildman–Crippen LogP) is 1.39. The molecule has 92 valence electrons. The maximum Gasteiger partial charge on any atom is 0.227 e. The standard InChI is InChI=1S/C12H22N2OS/c1-2-12(5-6-13-9-12)11(15)14-8-10-4-3-7-16-10/h10,13H,2-9H2,1H3,(H,14,15). The van der Waals surface area contributed by atoms with E-state index in [-0.39, 0.29) is 11.3 Å². The lowest BCUT2D eigenvalue weighted by molar-refractivity contribution is -0.130. The SMILES string of the molecule is CCC1(C(=O)NCC2CCCS2)CCNC1. The Hall–Kier alpha value is -0.220. The average molecular weight is 242 g/mol. The highest BCUT2D eigenvalue weighted by molar-refractivity contribution is 8.00. The molecule has 16 heavy (non-hydrogen) atoms. The van der Waals surface area contributed by atoms with Crippen molar-refractivity contribution >= 4 is 17.7 Å². The first kappa shape index (κ1) is 12.2. The van der Waals surface area contributed by atoms with Gasteiger partial charge in [0.1, 0.15) is 0 Å². The van der Waals surface area contributed by atoms with Crippen molar-refractivity contribution in [1.82, 2.24) is 10.6 Å². The molecule has 2 aliphatic heterocycles. The number of nitrogens with one attached hydrogen (secondary N) is 2. The maximum atomic E-state index is 12.2. The fourth-order valence-electron chi connectivity index (χ4n) is 2.60. The number of rotatable bonds is 4. The lowest BCUT2D eigenvalue weighted by atomic mass is 9.83. The van der Waals surface area contributed by atoms with Crippen molar-refractivity contribution in [3.05, 3.63) is 0 Å². The van der Waals surface area contributed by atoms with Gasteiger partial charge in [-0.15, -0.1) is 0 Å². The van der Waals surface area contributed by atoms with Crippen LogP contribution in [0.1, 0.15) is 32.6 Å². The smallest absolute Gasteiger partial charge is 0.227 e. The largest absolute Gasteiger partial charge is 0.354 e. The van der Waals surface area contributed by atoms with Crippen LogP contribution in [0, 0.1) is 5.41 Å². The zero-order valence-electron chi connectivity index (χ0n) is 10.1. The number of carbonyl (C=O) groups excluding carboxylic acids is 1. The van der Waals surface area contributed by atoms with Gasteiger partial charge in [-0.05, 0) is 38.0 Å². The van der Waals surface area contributed by atoms with Gasteiger partial charge in [-0.25, -0.2) is 0 Å². The summed E-state index contributed by atoms with van der Waals surface area (Å²) >= 11 is 2.00. The van der Waals surface area contributed by atoms with E-state index in [0.29, 0.717) is 5.25 Å². The second kappa shape index (κ2) is 5.41. The third-order valence-electron chi connectivity index (χ3n) is 3.92. The summed E-state index contributed by atoms with van der Waals surface area (Å²) in [6.45, 7) is 4.83. The number of thioether (sulfide) groups is 1. The van der Waals surface area contributed by atoms with Crippen molar-refractivity contribution in [1.29, 1.82) is 0 Å². The molecule has 3 nitrogen and oxygen atoms in total. The fraction of sp³-hybridized carbons (Fsp3) is 0.917. The lowest BCUT2D eigenvalue weighted by Gasteiger charge is -2.26. The normalized spacial score (nSPS) is 34.2. The number of hydrogen-bond donors (Lipinski definition) is 2. The highest BCUT2D eigenvalue weighted by Crippen LogP contribution is 2.30. The molecular weight excluding hydrogens is 220 g/mol. The van der Waals surface area contributed by atoms with Crippen LogP contribution in [0.2, 0.25) is 0 Å². The quantitative estimate of drug-likeness (QED) is 0.783. The second-order valence-corrected chi connectivity index (χ2v) is 6.31. The van der Waals surface area contributed by atoms with E-state index in [1.165, 1.54) is 18.6 Å². The van der Waals surface area contributed by atoms with Gasteiger partial charge in [0.2, 0.25) is 5.91 Å². The van der Waals surface area contributed by atoms with Gasteiger partial charge >= 0.3 is 0 Å². The van der Waals surface area contributed by atoms with Crippen molar-refractivity contribution in [2.45, 2.75) is 37.9 Å². The van der Waals surface area contributed by atoms with Gasteiger partial charge in [-0.1, -0.05) is 6.92 Å². The van der Waals surface area contributed by atoms with Gasteiger partial charge < -0.3 is 10.6 Å². The first-order valence-corrected chi connectivity index (χ1v) is 7.42. The topological polar surface area (TPSA) is 41.1 Å². The molecule has 2 N–H and O–H groups in total. The summed E-state index contributed by atoms with van der Waals surface area (Å²) in [5.41, 5.74) is -0.122. The first-order valence-electron chi connectivity index (χ1n) is 6.37. The summed E-state index contributed by atoms with van der Waals surface area (Å²) in [6.07, 6.45) is 4.52. The van der Waals surface area contributed by atoms with Gasteiger partial charge in [-0.2, -0.15) is 11.8 Å². The van der Waals surface area contributed by atoms with Crippen molar-refractivity contribution < 1.29 is 4.79 Å². The average Bonchev–Trinajstić information content (AvgIpc) is 2.97. The molecule has 0 saturated carbocycles. The molecule has 2 saturated heterocycles. The predicted molar refractivity (Wildman–Crippen MR) is 68.7 cm³/mol. The third-order valence-corrected chi connectivity index (χ3v) is 5.31. The van der Waals surface area contributed by atoms with Crippen LogP contribution in [0.15, 0.2) is 0 Å². The Morgan fingerprint density at radius 1 is 1.62 bits per heavy atom. The van der Waals surface area contributed by atoms with Crippen LogP contribution < -0.4 is 10.6 Å². The summed E-state index contributed by atoms with van der Waals surface area (Å²) < 4.78 is 0. The van der Waals surface area contributed by atoms with E-state index in [2.05, 4.69) is 17.6 Å². The minimum absolute atomic E-state index is 0.122.